The lowest BCUT2D eigenvalue weighted by Crippen LogP contribution is -2.45. The van der Waals surface area contributed by atoms with Gasteiger partial charge in [0, 0.05) is 24.7 Å². The third-order valence-electron chi connectivity index (χ3n) is 3.78. The molecule has 0 amide bonds. The number of benzene rings is 1. The molecule has 1 aromatic carbocycles. The van der Waals surface area contributed by atoms with Crippen LogP contribution in [0.3, 0.4) is 0 Å². The summed E-state index contributed by atoms with van der Waals surface area (Å²) < 4.78 is 26.8. The second-order valence-electron chi connectivity index (χ2n) is 5.20. The van der Waals surface area contributed by atoms with E-state index in [9.17, 15) is 8.78 Å². The number of nitrogens with zero attached hydrogens (tertiary/aromatic N) is 1. The summed E-state index contributed by atoms with van der Waals surface area (Å²) in [6.07, 6.45) is 2.13. The number of nitrogens with two attached hydrogens (primary N) is 1. The van der Waals surface area contributed by atoms with Crippen LogP contribution in [0.25, 0.3) is 0 Å². The number of halogens is 2. The van der Waals surface area contributed by atoms with Crippen molar-refractivity contribution in [3.05, 3.63) is 35.4 Å². The van der Waals surface area contributed by atoms with Crippen molar-refractivity contribution in [3.63, 3.8) is 0 Å². The number of hydrogen-bond acceptors (Lipinski definition) is 2. The molecule has 1 heterocycles. The van der Waals surface area contributed by atoms with Crippen molar-refractivity contribution in [1.82, 2.24) is 4.90 Å². The van der Waals surface area contributed by atoms with Crippen LogP contribution in [-0.2, 0) is 6.54 Å². The van der Waals surface area contributed by atoms with E-state index in [0.717, 1.165) is 25.5 Å². The maximum Gasteiger partial charge on any atom is 0.163 e. The van der Waals surface area contributed by atoms with E-state index in [1.165, 1.54) is 0 Å². The monoisotopic (exact) mass is 254 g/mol. The minimum absolute atomic E-state index is 0.274. The number of rotatable bonds is 3. The Morgan fingerprint density at radius 3 is 2.89 bits per heavy atom. The van der Waals surface area contributed by atoms with Crippen LogP contribution < -0.4 is 5.73 Å². The van der Waals surface area contributed by atoms with Crippen LogP contribution in [0.1, 0.15) is 25.3 Å². The van der Waals surface area contributed by atoms with Gasteiger partial charge in [0.05, 0.1) is 0 Å². The highest BCUT2D eigenvalue weighted by Gasteiger charge is 2.26. The average Bonchev–Trinajstić information content (AvgIpc) is 2.37. The molecule has 2 N–H and O–H groups in total. The summed E-state index contributed by atoms with van der Waals surface area (Å²) in [5, 5.41) is 0. The summed E-state index contributed by atoms with van der Waals surface area (Å²) in [5.41, 5.74) is 6.19. The fourth-order valence-corrected chi connectivity index (χ4v) is 2.64. The molecule has 1 aliphatic rings. The van der Waals surface area contributed by atoms with Crippen molar-refractivity contribution in [3.8, 4) is 0 Å². The molecule has 2 rings (SSSR count). The largest absolute Gasteiger partial charge is 0.329 e. The molecule has 2 nitrogen and oxygen atoms in total. The van der Waals surface area contributed by atoms with Crippen LogP contribution >= 0.6 is 0 Å². The highest BCUT2D eigenvalue weighted by Crippen LogP contribution is 2.24. The van der Waals surface area contributed by atoms with Crippen LogP contribution in [-0.4, -0.2) is 24.0 Å². The molecule has 1 aliphatic heterocycles. The van der Waals surface area contributed by atoms with Gasteiger partial charge in [-0.2, -0.15) is 0 Å². The molecule has 0 saturated carbocycles. The lowest BCUT2D eigenvalue weighted by Gasteiger charge is -2.38. The Labute approximate surface area is 107 Å². The van der Waals surface area contributed by atoms with E-state index in [1.807, 2.05) is 0 Å². The van der Waals surface area contributed by atoms with E-state index in [1.54, 1.807) is 12.1 Å². The summed E-state index contributed by atoms with van der Waals surface area (Å²) in [6.45, 7) is 4.13. The van der Waals surface area contributed by atoms with Gasteiger partial charge in [0.15, 0.2) is 11.6 Å². The van der Waals surface area contributed by atoms with E-state index in [-0.39, 0.29) is 6.04 Å². The Balaban J connectivity index is 2.10. The van der Waals surface area contributed by atoms with Crippen molar-refractivity contribution in [2.75, 3.05) is 13.1 Å². The molecule has 1 aromatic rings. The smallest absolute Gasteiger partial charge is 0.163 e. The van der Waals surface area contributed by atoms with Gasteiger partial charge in [0.25, 0.3) is 0 Å². The predicted octanol–water partition coefficient (Wildman–Crippen LogP) is 2.52. The zero-order valence-electron chi connectivity index (χ0n) is 10.7. The highest BCUT2D eigenvalue weighted by molar-refractivity contribution is 5.19. The molecule has 0 radical (unpaired) electrons. The fraction of sp³-hybridized carbons (Fsp3) is 0.571. The zero-order chi connectivity index (χ0) is 13.1. The van der Waals surface area contributed by atoms with E-state index < -0.39 is 11.6 Å². The van der Waals surface area contributed by atoms with Gasteiger partial charge in [-0.3, -0.25) is 4.90 Å². The molecule has 2 atom stereocenters. The standard InChI is InChI=1S/C14H20F2N2/c1-10-5-6-18(12(7-10)8-17)9-11-3-2-4-13(15)14(11)16/h2-4,10,12H,5-9,17H2,1H3. The second kappa shape index (κ2) is 5.76. The third-order valence-corrected chi connectivity index (χ3v) is 3.78. The molecule has 4 heteroatoms. The highest BCUT2D eigenvalue weighted by atomic mass is 19.2. The van der Waals surface area contributed by atoms with E-state index in [2.05, 4.69) is 11.8 Å². The number of piperidine rings is 1. The van der Waals surface area contributed by atoms with E-state index >= 15 is 0 Å². The van der Waals surface area contributed by atoms with Gasteiger partial charge in [0.1, 0.15) is 0 Å². The van der Waals surface area contributed by atoms with Crippen molar-refractivity contribution in [2.45, 2.75) is 32.4 Å². The molecular weight excluding hydrogens is 234 g/mol. The molecule has 1 fully saturated rings. The average molecular weight is 254 g/mol. The fourth-order valence-electron chi connectivity index (χ4n) is 2.64. The predicted molar refractivity (Wildman–Crippen MR) is 68.0 cm³/mol. The molecule has 0 aromatic heterocycles. The van der Waals surface area contributed by atoms with Crippen LogP contribution in [0.15, 0.2) is 18.2 Å². The Morgan fingerprint density at radius 2 is 2.17 bits per heavy atom. The number of hydrogen-bond donors (Lipinski definition) is 1. The van der Waals surface area contributed by atoms with E-state index in [4.69, 9.17) is 5.73 Å². The van der Waals surface area contributed by atoms with Crippen molar-refractivity contribution >= 4 is 0 Å². The summed E-state index contributed by atoms with van der Waals surface area (Å²) >= 11 is 0. The first-order chi connectivity index (χ1) is 8.61. The Kier molecular flexibility index (Phi) is 4.30. The SMILES string of the molecule is CC1CCN(Cc2cccc(F)c2F)C(CN)C1. The molecule has 2 unspecified atom stereocenters. The van der Waals surface area contributed by atoms with Gasteiger partial charge in [0.2, 0.25) is 0 Å². The third kappa shape index (κ3) is 2.87. The summed E-state index contributed by atoms with van der Waals surface area (Å²) in [4.78, 5) is 2.16. The molecule has 0 spiro atoms. The van der Waals surface area contributed by atoms with Crippen LogP contribution in [0, 0.1) is 17.6 Å². The van der Waals surface area contributed by atoms with Crippen LogP contribution in [0.4, 0.5) is 8.78 Å². The Morgan fingerprint density at radius 1 is 1.39 bits per heavy atom. The zero-order valence-corrected chi connectivity index (χ0v) is 10.7. The summed E-state index contributed by atoms with van der Waals surface area (Å²) in [7, 11) is 0. The first-order valence-electron chi connectivity index (χ1n) is 6.48. The lowest BCUT2D eigenvalue weighted by molar-refractivity contribution is 0.113. The topological polar surface area (TPSA) is 29.3 Å². The summed E-state index contributed by atoms with van der Waals surface area (Å²) in [6, 6.07) is 4.62. The lowest BCUT2D eigenvalue weighted by atomic mass is 9.92. The van der Waals surface area contributed by atoms with Crippen LogP contribution in [0.5, 0.6) is 0 Å². The minimum atomic E-state index is -0.776. The van der Waals surface area contributed by atoms with Crippen molar-refractivity contribution < 1.29 is 8.78 Å². The molecule has 18 heavy (non-hydrogen) atoms. The van der Waals surface area contributed by atoms with Gasteiger partial charge in [-0.1, -0.05) is 19.1 Å². The molecule has 0 aliphatic carbocycles. The normalized spacial score (nSPS) is 25.3. The first-order valence-corrected chi connectivity index (χ1v) is 6.48. The molecule has 0 bridgehead atoms. The molecule has 100 valence electrons. The minimum Gasteiger partial charge on any atom is -0.329 e. The van der Waals surface area contributed by atoms with Gasteiger partial charge in [-0.15, -0.1) is 0 Å². The quantitative estimate of drug-likeness (QED) is 0.898. The van der Waals surface area contributed by atoms with Gasteiger partial charge >= 0.3 is 0 Å². The van der Waals surface area contributed by atoms with Gasteiger partial charge in [-0.25, -0.2) is 8.78 Å². The maximum absolute atomic E-state index is 13.6. The summed E-state index contributed by atoms with van der Waals surface area (Å²) in [5.74, 6) is -0.846. The molecular formula is C14H20F2N2. The maximum atomic E-state index is 13.6. The first kappa shape index (κ1) is 13.4. The van der Waals surface area contributed by atoms with Crippen molar-refractivity contribution in [1.29, 1.82) is 0 Å². The van der Waals surface area contributed by atoms with Crippen molar-refractivity contribution in [2.24, 2.45) is 11.7 Å². The van der Waals surface area contributed by atoms with Gasteiger partial charge < -0.3 is 5.73 Å². The Hall–Kier alpha value is -1.00. The van der Waals surface area contributed by atoms with E-state index in [0.29, 0.717) is 24.6 Å². The molecule has 1 saturated heterocycles. The Bertz CT molecular complexity index is 409. The van der Waals surface area contributed by atoms with Crippen LogP contribution in [0.2, 0.25) is 0 Å². The number of likely N-dealkylation sites (tertiary alicyclic amines) is 1. The second-order valence-corrected chi connectivity index (χ2v) is 5.20. The van der Waals surface area contributed by atoms with Gasteiger partial charge in [-0.05, 0) is 31.4 Å².